The molecule has 6 heteroatoms. The first-order valence-electron chi connectivity index (χ1n) is 9.38. The van der Waals surface area contributed by atoms with Gasteiger partial charge >= 0.3 is 6.09 Å². The number of likely N-dealkylation sites (tertiary alicyclic amines) is 2. The van der Waals surface area contributed by atoms with E-state index in [4.69, 9.17) is 9.47 Å². The molecule has 0 radical (unpaired) electrons. The van der Waals surface area contributed by atoms with E-state index < -0.39 is 0 Å². The highest BCUT2D eigenvalue weighted by Crippen LogP contribution is 2.42. The first kappa shape index (κ1) is 17.5. The molecule has 1 saturated carbocycles. The van der Waals surface area contributed by atoms with Crippen molar-refractivity contribution in [3.05, 3.63) is 0 Å². The molecule has 2 heterocycles. The van der Waals surface area contributed by atoms with Gasteiger partial charge in [0.15, 0.2) is 0 Å². The summed E-state index contributed by atoms with van der Waals surface area (Å²) in [5.41, 5.74) is -0.365. The van der Waals surface area contributed by atoms with Crippen LogP contribution in [0.3, 0.4) is 0 Å². The van der Waals surface area contributed by atoms with E-state index in [1.54, 1.807) is 12.0 Å². The van der Waals surface area contributed by atoms with Crippen LogP contribution < -0.4 is 0 Å². The number of hydrogen-bond acceptors (Lipinski definition) is 4. The molecule has 6 nitrogen and oxygen atoms in total. The Kier molecular flexibility index (Phi) is 5.64. The first-order chi connectivity index (χ1) is 11.7. The summed E-state index contributed by atoms with van der Waals surface area (Å²) >= 11 is 0. The van der Waals surface area contributed by atoms with E-state index in [-0.39, 0.29) is 24.0 Å². The monoisotopic (exact) mass is 338 g/mol. The predicted octanol–water partition coefficient (Wildman–Crippen LogP) is 2.42. The highest BCUT2D eigenvalue weighted by Gasteiger charge is 2.50. The number of methoxy groups -OCH3 is 1. The van der Waals surface area contributed by atoms with Gasteiger partial charge in [-0.05, 0) is 32.1 Å². The van der Waals surface area contributed by atoms with Gasteiger partial charge in [-0.3, -0.25) is 4.79 Å². The van der Waals surface area contributed by atoms with E-state index in [0.717, 1.165) is 38.6 Å². The molecule has 3 fully saturated rings. The van der Waals surface area contributed by atoms with Gasteiger partial charge in [-0.15, -0.1) is 0 Å². The zero-order valence-electron chi connectivity index (χ0n) is 14.8. The predicted molar refractivity (Wildman–Crippen MR) is 89.7 cm³/mol. The van der Waals surface area contributed by atoms with Gasteiger partial charge in [-0.25, -0.2) is 4.79 Å². The molecule has 2 amide bonds. The lowest BCUT2D eigenvalue weighted by atomic mass is 9.77. The molecule has 1 unspecified atom stereocenters. The normalized spacial score (nSPS) is 28.6. The van der Waals surface area contributed by atoms with Crippen molar-refractivity contribution in [2.75, 3.05) is 40.0 Å². The second kappa shape index (κ2) is 7.72. The van der Waals surface area contributed by atoms with Gasteiger partial charge in [-0.2, -0.15) is 0 Å². The van der Waals surface area contributed by atoms with E-state index in [2.05, 4.69) is 4.90 Å². The van der Waals surface area contributed by atoms with Crippen LogP contribution in [0.2, 0.25) is 0 Å². The van der Waals surface area contributed by atoms with E-state index >= 15 is 0 Å². The summed E-state index contributed by atoms with van der Waals surface area (Å²) < 4.78 is 10.1. The van der Waals surface area contributed by atoms with Gasteiger partial charge in [0.1, 0.15) is 6.61 Å². The maximum absolute atomic E-state index is 13.2. The summed E-state index contributed by atoms with van der Waals surface area (Å²) in [7, 11) is 1.58. The van der Waals surface area contributed by atoms with Gasteiger partial charge in [0.25, 0.3) is 0 Å². The molecule has 0 N–H and O–H groups in total. The quantitative estimate of drug-likeness (QED) is 0.739. The Bertz CT molecular complexity index is 464. The maximum Gasteiger partial charge on any atom is 0.409 e. The lowest BCUT2D eigenvalue weighted by Gasteiger charge is -2.44. The number of ether oxygens (including phenoxy) is 2. The zero-order valence-corrected chi connectivity index (χ0v) is 14.8. The molecule has 0 bridgehead atoms. The molecular weight excluding hydrogens is 308 g/mol. The lowest BCUT2D eigenvalue weighted by molar-refractivity contribution is -0.149. The second-order valence-electron chi connectivity index (χ2n) is 7.45. The first-order valence-corrected chi connectivity index (χ1v) is 9.38. The fourth-order valence-electron chi connectivity index (χ4n) is 4.55. The molecule has 2 saturated heterocycles. The fraction of sp³-hybridized carbons (Fsp3) is 0.889. The van der Waals surface area contributed by atoms with Crippen LogP contribution in [0.15, 0.2) is 0 Å². The highest BCUT2D eigenvalue weighted by molar-refractivity contribution is 5.85. The third-order valence-corrected chi connectivity index (χ3v) is 5.91. The topological polar surface area (TPSA) is 59.1 Å². The number of piperidine rings is 1. The summed E-state index contributed by atoms with van der Waals surface area (Å²) in [6, 6.07) is 0.422. The number of carbonyl (C=O) groups excluding carboxylic acids is 2. The van der Waals surface area contributed by atoms with Crippen LogP contribution in [0.4, 0.5) is 4.79 Å². The zero-order chi connectivity index (χ0) is 17.0. The molecule has 24 heavy (non-hydrogen) atoms. The van der Waals surface area contributed by atoms with E-state index in [0.29, 0.717) is 25.7 Å². The number of carbonyl (C=O) groups is 2. The summed E-state index contributed by atoms with van der Waals surface area (Å²) in [6.07, 6.45) is 8.46. The van der Waals surface area contributed by atoms with E-state index in [1.165, 1.54) is 19.3 Å². The molecule has 136 valence electrons. The molecule has 0 aromatic carbocycles. The smallest absolute Gasteiger partial charge is 0.409 e. The van der Waals surface area contributed by atoms with Gasteiger partial charge in [-0.1, -0.05) is 19.3 Å². The maximum atomic E-state index is 13.2. The van der Waals surface area contributed by atoms with Gasteiger partial charge in [0, 0.05) is 32.8 Å². The molecule has 1 aliphatic carbocycles. The van der Waals surface area contributed by atoms with Crippen LogP contribution in [0.25, 0.3) is 0 Å². The van der Waals surface area contributed by atoms with Crippen molar-refractivity contribution < 1.29 is 19.1 Å². The Hall–Kier alpha value is -1.30. The molecule has 3 aliphatic rings. The van der Waals surface area contributed by atoms with Gasteiger partial charge in [0.2, 0.25) is 5.91 Å². The van der Waals surface area contributed by atoms with Crippen LogP contribution in [0, 0.1) is 5.41 Å². The van der Waals surface area contributed by atoms with Crippen LogP contribution >= 0.6 is 0 Å². The second-order valence-corrected chi connectivity index (χ2v) is 7.45. The van der Waals surface area contributed by atoms with Crippen molar-refractivity contribution in [3.63, 3.8) is 0 Å². The van der Waals surface area contributed by atoms with Crippen LogP contribution in [-0.4, -0.2) is 67.8 Å². The largest absolute Gasteiger partial charge is 0.447 e. The summed E-state index contributed by atoms with van der Waals surface area (Å²) in [5.74, 6) is 0.285. The standard InChI is InChI=1S/C18H30N2O4/c1-23-12-13-24-17(22)19-11-9-18(14-19)8-5-10-20(16(18)21)15-6-3-2-4-7-15/h15H,2-14H2,1H3. The molecule has 0 aromatic rings. The third kappa shape index (κ3) is 3.53. The Balaban J connectivity index is 1.60. The third-order valence-electron chi connectivity index (χ3n) is 5.91. The average molecular weight is 338 g/mol. The summed E-state index contributed by atoms with van der Waals surface area (Å²) in [5, 5.41) is 0. The fourth-order valence-corrected chi connectivity index (χ4v) is 4.55. The Morgan fingerprint density at radius 2 is 1.92 bits per heavy atom. The lowest BCUT2D eigenvalue weighted by Crippen LogP contribution is -2.54. The molecular formula is C18H30N2O4. The number of amides is 2. The number of rotatable bonds is 4. The molecule has 3 rings (SSSR count). The summed E-state index contributed by atoms with van der Waals surface area (Å²) in [4.78, 5) is 29.2. The average Bonchev–Trinajstić information content (AvgIpc) is 3.04. The molecule has 1 spiro atoms. The summed E-state index contributed by atoms with van der Waals surface area (Å²) in [6.45, 7) is 2.69. The minimum Gasteiger partial charge on any atom is -0.447 e. The van der Waals surface area contributed by atoms with Gasteiger partial charge < -0.3 is 19.3 Å². The Morgan fingerprint density at radius 3 is 2.67 bits per heavy atom. The van der Waals surface area contributed by atoms with Crippen LogP contribution in [-0.2, 0) is 14.3 Å². The van der Waals surface area contributed by atoms with Crippen molar-refractivity contribution in [1.29, 1.82) is 0 Å². The van der Waals surface area contributed by atoms with E-state index in [1.807, 2.05) is 0 Å². The highest BCUT2D eigenvalue weighted by atomic mass is 16.6. The number of nitrogens with zero attached hydrogens (tertiary/aromatic N) is 2. The molecule has 2 aliphatic heterocycles. The van der Waals surface area contributed by atoms with Crippen molar-refractivity contribution in [2.24, 2.45) is 5.41 Å². The van der Waals surface area contributed by atoms with Crippen LogP contribution in [0.5, 0.6) is 0 Å². The SMILES string of the molecule is COCCOC(=O)N1CCC2(CCCN(C3CCCCC3)C2=O)C1. The van der Waals surface area contributed by atoms with Crippen molar-refractivity contribution in [3.8, 4) is 0 Å². The van der Waals surface area contributed by atoms with E-state index in [9.17, 15) is 9.59 Å². The van der Waals surface area contributed by atoms with Crippen LogP contribution in [0.1, 0.15) is 51.4 Å². The van der Waals surface area contributed by atoms with Crippen molar-refractivity contribution in [1.82, 2.24) is 9.80 Å². The Labute approximate surface area is 144 Å². The molecule has 1 atom stereocenters. The minimum absolute atomic E-state index is 0.265. The van der Waals surface area contributed by atoms with Crippen molar-refractivity contribution >= 4 is 12.0 Å². The molecule has 0 aromatic heterocycles. The number of hydrogen-bond donors (Lipinski definition) is 0. The minimum atomic E-state index is -0.365. The van der Waals surface area contributed by atoms with Gasteiger partial charge in [0.05, 0.1) is 12.0 Å². The Morgan fingerprint density at radius 1 is 1.12 bits per heavy atom. The van der Waals surface area contributed by atoms with Crippen molar-refractivity contribution in [2.45, 2.75) is 57.4 Å².